The Morgan fingerprint density at radius 1 is 1.21 bits per heavy atom. The van der Waals surface area contributed by atoms with Gasteiger partial charge in [0.25, 0.3) is 5.91 Å². The largest absolute Gasteiger partial charge is 0.493 e. The third-order valence-electron chi connectivity index (χ3n) is 3.35. The number of methoxy groups -OCH3 is 1. The second-order valence-electron chi connectivity index (χ2n) is 5.34. The summed E-state index contributed by atoms with van der Waals surface area (Å²) >= 11 is 3.47. The van der Waals surface area contributed by atoms with Gasteiger partial charge in [-0.3, -0.25) is 4.79 Å². The quantitative estimate of drug-likeness (QED) is 0.756. The lowest BCUT2D eigenvalue weighted by Gasteiger charge is -2.14. The molecule has 2 aromatic rings. The van der Waals surface area contributed by atoms with Crippen LogP contribution in [0.5, 0.6) is 11.5 Å². The number of rotatable bonds is 7. The van der Waals surface area contributed by atoms with Gasteiger partial charge in [0.05, 0.1) is 11.6 Å². The van der Waals surface area contributed by atoms with E-state index in [-0.39, 0.29) is 12.5 Å². The van der Waals surface area contributed by atoms with E-state index < -0.39 is 0 Å². The van der Waals surface area contributed by atoms with E-state index in [0.29, 0.717) is 18.0 Å². The van der Waals surface area contributed by atoms with Crippen LogP contribution in [0.25, 0.3) is 0 Å². The van der Waals surface area contributed by atoms with Gasteiger partial charge in [-0.1, -0.05) is 17.7 Å². The number of anilines is 1. The van der Waals surface area contributed by atoms with E-state index in [1.807, 2.05) is 50.4 Å². The summed E-state index contributed by atoms with van der Waals surface area (Å²) in [4.78, 5) is 12.0. The van der Waals surface area contributed by atoms with Crippen LogP contribution in [0.15, 0.2) is 40.9 Å². The highest BCUT2D eigenvalue weighted by Crippen LogP contribution is 2.36. The van der Waals surface area contributed by atoms with Crippen LogP contribution in [0.3, 0.4) is 0 Å². The van der Waals surface area contributed by atoms with Crippen LogP contribution in [0.1, 0.15) is 11.1 Å². The Balaban J connectivity index is 2.02. The molecule has 0 aliphatic rings. The van der Waals surface area contributed by atoms with Crippen LogP contribution in [-0.2, 0) is 11.3 Å². The minimum absolute atomic E-state index is 0.103. The molecule has 24 heavy (non-hydrogen) atoms. The molecule has 0 saturated carbocycles. The van der Waals surface area contributed by atoms with Crippen molar-refractivity contribution in [3.8, 4) is 11.5 Å². The van der Waals surface area contributed by atoms with Gasteiger partial charge >= 0.3 is 0 Å². The fraction of sp³-hybridized carbons (Fsp3) is 0.278. The average Bonchev–Trinajstić information content (AvgIpc) is 2.56. The van der Waals surface area contributed by atoms with E-state index >= 15 is 0 Å². The second kappa shape index (κ2) is 8.70. The van der Waals surface area contributed by atoms with Gasteiger partial charge in [-0.15, -0.1) is 0 Å². The number of halogens is 1. The first-order chi connectivity index (χ1) is 11.5. The summed E-state index contributed by atoms with van der Waals surface area (Å²) in [6.07, 6.45) is 0. The van der Waals surface area contributed by atoms with Gasteiger partial charge in [-0.2, -0.15) is 0 Å². The van der Waals surface area contributed by atoms with Gasteiger partial charge in [-0.25, -0.2) is 0 Å². The minimum atomic E-state index is -0.230. The zero-order valence-electron chi connectivity index (χ0n) is 14.0. The fourth-order valence-electron chi connectivity index (χ4n) is 2.19. The number of aryl methyl sites for hydroxylation is 1. The van der Waals surface area contributed by atoms with Crippen LogP contribution >= 0.6 is 15.9 Å². The third kappa shape index (κ3) is 4.97. The number of ether oxygens (including phenoxy) is 2. The first-order valence-corrected chi connectivity index (χ1v) is 8.33. The van der Waals surface area contributed by atoms with Crippen molar-refractivity contribution in [1.82, 2.24) is 5.32 Å². The monoisotopic (exact) mass is 392 g/mol. The Morgan fingerprint density at radius 2 is 1.92 bits per heavy atom. The van der Waals surface area contributed by atoms with Crippen molar-refractivity contribution in [3.05, 3.63) is 52.0 Å². The Bertz CT molecular complexity index is 702. The van der Waals surface area contributed by atoms with Crippen molar-refractivity contribution in [2.45, 2.75) is 13.5 Å². The summed E-state index contributed by atoms with van der Waals surface area (Å²) in [5, 5.41) is 5.88. The summed E-state index contributed by atoms with van der Waals surface area (Å²) < 4.78 is 11.8. The van der Waals surface area contributed by atoms with Crippen molar-refractivity contribution in [2.24, 2.45) is 0 Å². The summed E-state index contributed by atoms with van der Waals surface area (Å²) in [5.41, 5.74) is 2.93. The van der Waals surface area contributed by atoms with E-state index in [9.17, 15) is 4.79 Å². The van der Waals surface area contributed by atoms with Gasteiger partial charge in [0.1, 0.15) is 0 Å². The predicted octanol–water partition coefficient (Wildman–Crippen LogP) is 3.50. The van der Waals surface area contributed by atoms with Gasteiger partial charge in [0.2, 0.25) is 0 Å². The molecule has 0 aliphatic heterocycles. The van der Waals surface area contributed by atoms with Crippen LogP contribution in [0.2, 0.25) is 0 Å². The molecule has 2 N–H and O–H groups in total. The van der Waals surface area contributed by atoms with Crippen molar-refractivity contribution >= 4 is 27.5 Å². The molecule has 0 aromatic heterocycles. The molecule has 0 spiro atoms. The van der Waals surface area contributed by atoms with Crippen LogP contribution < -0.4 is 20.1 Å². The Kier molecular flexibility index (Phi) is 6.63. The fourth-order valence-corrected chi connectivity index (χ4v) is 2.80. The highest BCUT2D eigenvalue weighted by Gasteiger charge is 2.13. The molecular weight excluding hydrogens is 372 g/mol. The van der Waals surface area contributed by atoms with Crippen molar-refractivity contribution in [3.63, 3.8) is 0 Å². The van der Waals surface area contributed by atoms with E-state index in [1.165, 1.54) is 0 Å². The molecule has 0 fully saturated rings. The first-order valence-electron chi connectivity index (χ1n) is 7.54. The molecule has 128 valence electrons. The lowest BCUT2D eigenvalue weighted by atomic mass is 10.2. The number of benzene rings is 2. The maximum absolute atomic E-state index is 12.0. The molecule has 0 bridgehead atoms. The van der Waals surface area contributed by atoms with Crippen molar-refractivity contribution < 1.29 is 14.3 Å². The molecule has 0 saturated heterocycles. The van der Waals surface area contributed by atoms with E-state index in [1.54, 1.807) is 7.11 Å². The topological polar surface area (TPSA) is 59.6 Å². The van der Waals surface area contributed by atoms with Gasteiger partial charge in [0, 0.05) is 12.2 Å². The Morgan fingerprint density at radius 3 is 2.54 bits per heavy atom. The zero-order valence-corrected chi connectivity index (χ0v) is 15.6. The lowest BCUT2D eigenvalue weighted by Crippen LogP contribution is -2.20. The number of carbonyl (C=O) groups excluding carboxylic acids is 1. The number of amides is 1. The SMILES string of the molecule is CNCc1cc(Br)c(OCC(=O)Nc2ccc(C)cc2)c(OC)c1. The minimum Gasteiger partial charge on any atom is -0.493 e. The van der Waals surface area contributed by atoms with E-state index in [4.69, 9.17) is 9.47 Å². The van der Waals surface area contributed by atoms with Crippen LogP contribution in [-0.4, -0.2) is 26.7 Å². The summed E-state index contributed by atoms with van der Waals surface area (Å²) in [6, 6.07) is 11.4. The molecule has 2 rings (SSSR count). The molecule has 6 heteroatoms. The van der Waals surface area contributed by atoms with Crippen molar-refractivity contribution in [1.29, 1.82) is 0 Å². The molecule has 0 unspecified atom stereocenters. The first kappa shape index (κ1) is 18.3. The number of hydrogen-bond donors (Lipinski definition) is 2. The molecule has 5 nitrogen and oxygen atoms in total. The molecule has 2 aromatic carbocycles. The number of carbonyl (C=O) groups is 1. The van der Waals surface area contributed by atoms with E-state index in [0.717, 1.165) is 21.3 Å². The number of hydrogen-bond acceptors (Lipinski definition) is 4. The highest BCUT2D eigenvalue weighted by molar-refractivity contribution is 9.10. The smallest absolute Gasteiger partial charge is 0.262 e. The molecule has 0 heterocycles. The highest BCUT2D eigenvalue weighted by atomic mass is 79.9. The number of nitrogens with one attached hydrogen (secondary N) is 2. The molecule has 1 amide bonds. The maximum Gasteiger partial charge on any atom is 0.262 e. The summed E-state index contributed by atoms with van der Waals surface area (Å²) in [6.45, 7) is 2.60. The maximum atomic E-state index is 12.0. The van der Waals surface area contributed by atoms with E-state index in [2.05, 4.69) is 26.6 Å². The standard InChI is InChI=1S/C18H21BrN2O3/c1-12-4-6-14(7-5-12)21-17(22)11-24-18-15(19)8-13(10-20-2)9-16(18)23-3/h4-9,20H,10-11H2,1-3H3,(H,21,22). The van der Waals surface area contributed by atoms with Gasteiger partial charge < -0.3 is 20.1 Å². The summed E-state index contributed by atoms with van der Waals surface area (Å²) in [5.74, 6) is 0.862. The molecular formula is C18H21BrN2O3. The lowest BCUT2D eigenvalue weighted by molar-refractivity contribution is -0.118. The summed E-state index contributed by atoms with van der Waals surface area (Å²) in [7, 11) is 3.45. The van der Waals surface area contributed by atoms with Gasteiger partial charge in [-0.05, 0) is 59.7 Å². The Hall–Kier alpha value is -2.05. The van der Waals surface area contributed by atoms with Crippen molar-refractivity contribution in [2.75, 3.05) is 26.1 Å². The molecule has 0 atom stereocenters. The van der Waals surface area contributed by atoms with Crippen LogP contribution in [0, 0.1) is 6.92 Å². The normalized spacial score (nSPS) is 10.3. The second-order valence-corrected chi connectivity index (χ2v) is 6.20. The average molecular weight is 393 g/mol. The van der Waals surface area contributed by atoms with Crippen LogP contribution in [0.4, 0.5) is 5.69 Å². The Labute approximate surface area is 150 Å². The molecule has 0 aliphatic carbocycles. The predicted molar refractivity (Wildman–Crippen MR) is 98.8 cm³/mol. The molecule has 0 radical (unpaired) electrons. The third-order valence-corrected chi connectivity index (χ3v) is 3.94. The zero-order chi connectivity index (χ0) is 17.5. The van der Waals surface area contributed by atoms with Gasteiger partial charge in [0.15, 0.2) is 18.1 Å².